The maximum Gasteiger partial charge on any atom is 0.282 e. The molecule has 0 atom stereocenters. The Morgan fingerprint density at radius 3 is 2.40 bits per heavy atom. The summed E-state index contributed by atoms with van der Waals surface area (Å²) in [4.78, 5) is 0.174. The first-order valence-corrected chi connectivity index (χ1v) is 7.50. The zero-order valence-corrected chi connectivity index (χ0v) is 12.3. The van der Waals surface area contributed by atoms with Gasteiger partial charge in [-0.15, -0.1) is 0 Å². The summed E-state index contributed by atoms with van der Waals surface area (Å²) in [5, 5.41) is 12.9. The van der Waals surface area contributed by atoms with Crippen LogP contribution in [-0.4, -0.2) is 17.6 Å². The zero-order valence-electron chi connectivity index (χ0n) is 11.5. The quantitative estimate of drug-likeness (QED) is 0.868. The predicted octanol–water partition coefficient (Wildman–Crippen LogP) is 2.23. The smallest absolute Gasteiger partial charge is 0.199 e. The van der Waals surface area contributed by atoms with Crippen LogP contribution in [0.4, 0.5) is 0 Å². The number of hydrogen-bond acceptors (Lipinski definition) is 4. The SMILES string of the molecule is Cc1ccc(S(=O)(=O)n2cc(C(C)(C)C#N)cn2)cc1. The molecule has 20 heavy (non-hydrogen) atoms. The minimum Gasteiger partial charge on any atom is -0.199 e. The van der Waals surface area contributed by atoms with Gasteiger partial charge in [-0.2, -0.15) is 22.9 Å². The Bertz CT molecular complexity index is 765. The summed E-state index contributed by atoms with van der Waals surface area (Å²) in [5.41, 5.74) is 0.771. The molecule has 104 valence electrons. The molecule has 1 aromatic carbocycles. The third-order valence-corrected chi connectivity index (χ3v) is 4.69. The third kappa shape index (κ3) is 2.45. The molecule has 6 heteroatoms. The topological polar surface area (TPSA) is 75.8 Å². The molecule has 2 rings (SSSR count). The summed E-state index contributed by atoms with van der Waals surface area (Å²) in [6.07, 6.45) is 2.80. The molecule has 0 aliphatic rings. The van der Waals surface area contributed by atoms with Crippen LogP contribution in [0.1, 0.15) is 25.0 Å². The Morgan fingerprint density at radius 2 is 1.85 bits per heavy atom. The highest BCUT2D eigenvalue weighted by atomic mass is 32.2. The summed E-state index contributed by atoms with van der Waals surface area (Å²) < 4.78 is 25.7. The first-order valence-electron chi connectivity index (χ1n) is 6.06. The minimum absolute atomic E-state index is 0.174. The lowest BCUT2D eigenvalue weighted by Gasteiger charge is -2.11. The monoisotopic (exact) mass is 289 g/mol. The van der Waals surface area contributed by atoms with Crippen molar-refractivity contribution in [3.05, 3.63) is 47.8 Å². The largest absolute Gasteiger partial charge is 0.282 e. The van der Waals surface area contributed by atoms with Crippen LogP contribution in [0.5, 0.6) is 0 Å². The van der Waals surface area contributed by atoms with E-state index in [9.17, 15) is 8.42 Å². The molecule has 1 aromatic heterocycles. The van der Waals surface area contributed by atoms with Crippen molar-refractivity contribution >= 4 is 10.0 Å². The molecule has 2 aromatic rings. The third-order valence-electron chi connectivity index (χ3n) is 3.13. The summed E-state index contributed by atoms with van der Waals surface area (Å²) in [6, 6.07) is 8.67. The number of rotatable bonds is 3. The second-order valence-corrected chi connectivity index (χ2v) is 6.95. The van der Waals surface area contributed by atoms with Gasteiger partial charge < -0.3 is 0 Å². The molecule has 0 fully saturated rings. The molecule has 5 nitrogen and oxygen atoms in total. The van der Waals surface area contributed by atoms with Crippen molar-refractivity contribution in [3.8, 4) is 6.07 Å². The minimum atomic E-state index is -3.71. The number of benzene rings is 1. The van der Waals surface area contributed by atoms with Crippen molar-refractivity contribution in [2.45, 2.75) is 31.1 Å². The average molecular weight is 289 g/mol. The van der Waals surface area contributed by atoms with E-state index in [0.717, 1.165) is 9.65 Å². The summed E-state index contributed by atoms with van der Waals surface area (Å²) >= 11 is 0. The molecule has 0 aliphatic carbocycles. The van der Waals surface area contributed by atoms with E-state index in [1.807, 2.05) is 6.92 Å². The van der Waals surface area contributed by atoms with E-state index in [1.165, 1.54) is 12.4 Å². The van der Waals surface area contributed by atoms with Crippen molar-refractivity contribution in [2.24, 2.45) is 0 Å². The summed E-state index contributed by atoms with van der Waals surface area (Å²) in [5.74, 6) is 0. The van der Waals surface area contributed by atoms with Gasteiger partial charge in [0.15, 0.2) is 0 Å². The molecule has 0 saturated carbocycles. The molecule has 0 bridgehead atoms. The molecule has 0 amide bonds. The molecular weight excluding hydrogens is 274 g/mol. The van der Waals surface area contributed by atoms with Gasteiger partial charge in [-0.3, -0.25) is 0 Å². The van der Waals surface area contributed by atoms with Crippen LogP contribution in [0.3, 0.4) is 0 Å². The van der Waals surface area contributed by atoms with Gasteiger partial charge in [-0.1, -0.05) is 17.7 Å². The van der Waals surface area contributed by atoms with Gasteiger partial charge in [-0.05, 0) is 32.9 Å². The number of aromatic nitrogens is 2. The standard InChI is InChI=1S/C14H15N3O2S/c1-11-4-6-13(7-5-11)20(18,19)17-9-12(8-16-17)14(2,3)10-15/h4-9H,1-3H3. The number of hydrogen-bond donors (Lipinski definition) is 0. The molecular formula is C14H15N3O2S. The Morgan fingerprint density at radius 1 is 1.25 bits per heavy atom. The maximum absolute atomic E-state index is 12.4. The molecule has 0 N–H and O–H groups in total. The van der Waals surface area contributed by atoms with Gasteiger partial charge in [0.2, 0.25) is 0 Å². The van der Waals surface area contributed by atoms with E-state index < -0.39 is 15.4 Å². The van der Waals surface area contributed by atoms with Crippen LogP contribution in [-0.2, 0) is 15.4 Å². The Kier molecular flexibility index (Phi) is 3.40. The Hall–Kier alpha value is -2.13. The van der Waals surface area contributed by atoms with E-state index in [1.54, 1.807) is 38.1 Å². The molecule has 0 spiro atoms. The molecule has 0 radical (unpaired) electrons. The molecule has 0 unspecified atom stereocenters. The van der Waals surface area contributed by atoms with Gasteiger partial charge in [0.05, 0.1) is 22.6 Å². The molecule has 1 heterocycles. The van der Waals surface area contributed by atoms with Crippen LogP contribution >= 0.6 is 0 Å². The van der Waals surface area contributed by atoms with Gasteiger partial charge in [0, 0.05) is 11.8 Å². The second-order valence-electron chi connectivity index (χ2n) is 5.16. The van der Waals surface area contributed by atoms with E-state index in [-0.39, 0.29) is 4.90 Å². The van der Waals surface area contributed by atoms with Gasteiger partial charge in [-0.25, -0.2) is 0 Å². The van der Waals surface area contributed by atoms with Gasteiger partial charge in [0.1, 0.15) is 0 Å². The number of nitriles is 1. The summed E-state index contributed by atoms with van der Waals surface area (Å²) in [6.45, 7) is 5.32. The number of nitrogens with zero attached hydrogens (tertiary/aromatic N) is 3. The van der Waals surface area contributed by atoms with E-state index in [4.69, 9.17) is 5.26 Å². The Balaban J connectivity index is 2.47. The molecule has 0 aliphatic heterocycles. The van der Waals surface area contributed by atoms with Crippen LogP contribution < -0.4 is 0 Å². The fourth-order valence-corrected chi connectivity index (χ4v) is 2.76. The lowest BCUT2D eigenvalue weighted by molar-refractivity contribution is 0.580. The lowest BCUT2D eigenvalue weighted by Crippen LogP contribution is -2.15. The van der Waals surface area contributed by atoms with Crippen LogP contribution in [0.25, 0.3) is 0 Å². The number of aryl methyl sites for hydroxylation is 1. The fraction of sp³-hybridized carbons (Fsp3) is 0.286. The normalized spacial score (nSPS) is 12.1. The van der Waals surface area contributed by atoms with Crippen LogP contribution in [0.2, 0.25) is 0 Å². The van der Waals surface area contributed by atoms with Crippen molar-refractivity contribution in [3.63, 3.8) is 0 Å². The predicted molar refractivity (Wildman–Crippen MR) is 74.6 cm³/mol. The first kappa shape index (κ1) is 14.3. The second kappa shape index (κ2) is 4.76. The highest BCUT2D eigenvalue weighted by molar-refractivity contribution is 7.89. The molecule has 0 saturated heterocycles. The van der Waals surface area contributed by atoms with E-state index in [0.29, 0.717) is 5.56 Å². The fourth-order valence-electron chi connectivity index (χ4n) is 1.64. The van der Waals surface area contributed by atoms with Gasteiger partial charge >= 0.3 is 0 Å². The maximum atomic E-state index is 12.4. The van der Waals surface area contributed by atoms with Crippen LogP contribution in [0.15, 0.2) is 41.6 Å². The van der Waals surface area contributed by atoms with E-state index >= 15 is 0 Å². The van der Waals surface area contributed by atoms with Crippen molar-refractivity contribution in [1.29, 1.82) is 5.26 Å². The zero-order chi connectivity index (χ0) is 15.0. The van der Waals surface area contributed by atoms with Gasteiger partial charge in [0.25, 0.3) is 10.0 Å². The highest BCUT2D eigenvalue weighted by Gasteiger charge is 2.25. The highest BCUT2D eigenvalue weighted by Crippen LogP contribution is 2.23. The van der Waals surface area contributed by atoms with Crippen molar-refractivity contribution < 1.29 is 8.42 Å². The van der Waals surface area contributed by atoms with E-state index in [2.05, 4.69) is 11.2 Å². The van der Waals surface area contributed by atoms with Crippen molar-refractivity contribution in [1.82, 2.24) is 9.19 Å². The first-order chi connectivity index (χ1) is 9.27. The van der Waals surface area contributed by atoms with Crippen molar-refractivity contribution in [2.75, 3.05) is 0 Å². The summed E-state index contributed by atoms with van der Waals surface area (Å²) in [7, 11) is -3.71. The average Bonchev–Trinajstić information content (AvgIpc) is 2.90. The Labute approximate surface area is 118 Å². The lowest BCUT2D eigenvalue weighted by atomic mass is 9.89. The van der Waals surface area contributed by atoms with Crippen LogP contribution in [0, 0.1) is 18.3 Å².